The van der Waals surface area contributed by atoms with Crippen LogP contribution >= 0.6 is 0 Å². The highest BCUT2D eigenvalue weighted by Gasteiger charge is 2.32. The van der Waals surface area contributed by atoms with Crippen LogP contribution in [-0.2, 0) is 11.3 Å². The predicted octanol–water partition coefficient (Wildman–Crippen LogP) is 5.03. The molecule has 6 rings (SSSR count). The monoisotopic (exact) mass is 418 g/mol. The minimum absolute atomic E-state index is 0.135. The third-order valence-corrected chi connectivity index (χ3v) is 6.16. The van der Waals surface area contributed by atoms with Crippen LogP contribution in [0.3, 0.4) is 0 Å². The Morgan fingerprint density at radius 1 is 0.875 bits per heavy atom. The van der Waals surface area contributed by atoms with Gasteiger partial charge in [-0.25, -0.2) is 9.78 Å². The van der Waals surface area contributed by atoms with Gasteiger partial charge in [0, 0.05) is 21.7 Å². The quantitative estimate of drug-likeness (QED) is 0.370. The smallest absolute Gasteiger partial charge is 0.340 e. The van der Waals surface area contributed by atoms with Crippen LogP contribution in [0.4, 0.5) is 0 Å². The number of esters is 1. The summed E-state index contributed by atoms with van der Waals surface area (Å²) in [5, 5.41) is 2.09. The number of fused-ring (bicyclic) bond motifs is 5. The second-order valence-corrected chi connectivity index (χ2v) is 7.85. The molecule has 3 heterocycles. The molecule has 2 aromatic heterocycles. The second-order valence-electron chi connectivity index (χ2n) is 7.85. The molecule has 0 bridgehead atoms. The van der Waals surface area contributed by atoms with Crippen molar-refractivity contribution in [3.05, 3.63) is 100 Å². The fourth-order valence-electron chi connectivity index (χ4n) is 4.80. The van der Waals surface area contributed by atoms with E-state index in [1.54, 1.807) is 16.7 Å². The molecule has 3 aromatic carbocycles. The number of hydrogen-bond acceptors (Lipinski definition) is 4. The van der Waals surface area contributed by atoms with Gasteiger partial charge >= 0.3 is 5.97 Å². The van der Waals surface area contributed by atoms with Crippen molar-refractivity contribution in [2.24, 2.45) is 0 Å². The molecule has 0 atom stereocenters. The number of ether oxygens (including phenoxy) is 1. The predicted molar refractivity (Wildman–Crippen MR) is 125 cm³/mol. The van der Waals surface area contributed by atoms with Gasteiger partial charge in [0.15, 0.2) is 0 Å². The Bertz CT molecular complexity index is 1620. The Morgan fingerprint density at radius 2 is 1.53 bits per heavy atom. The van der Waals surface area contributed by atoms with Crippen LogP contribution in [0.2, 0.25) is 0 Å². The van der Waals surface area contributed by atoms with E-state index in [4.69, 9.17) is 9.72 Å². The topological polar surface area (TPSA) is 61.2 Å². The lowest BCUT2D eigenvalue weighted by molar-refractivity contribution is 0.0603. The lowest BCUT2D eigenvalue weighted by Gasteiger charge is -2.13. The zero-order valence-corrected chi connectivity index (χ0v) is 17.3. The number of hydrogen-bond donors (Lipinski definition) is 0. The maximum absolute atomic E-state index is 13.5. The maximum atomic E-state index is 13.5. The molecule has 0 unspecified atom stereocenters. The highest BCUT2D eigenvalue weighted by Crippen LogP contribution is 2.43. The molecule has 0 saturated carbocycles. The minimum atomic E-state index is -0.478. The number of aromatic nitrogens is 2. The number of benzene rings is 3. The van der Waals surface area contributed by atoms with Gasteiger partial charge in [0.25, 0.3) is 5.56 Å². The standard InChI is InChI=1S/C27H18N2O3/c1-32-27(31)23-17-11-5-6-12-18(17)26(30)29-15-20-22(16-9-3-2-4-10-16)19-13-7-8-14-21(19)28-24(20)25(23)29/h2-14H,15H2,1H3. The molecule has 5 aromatic rings. The Hall–Kier alpha value is -4.25. The fraction of sp³-hybridized carbons (Fsp3) is 0.0741. The molecule has 0 radical (unpaired) electrons. The summed E-state index contributed by atoms with van der Waals surface area (Å²) in [6.45, 7) is 0.348. The van der Waals surface area contributed by atoms with Crippen LogP contribution in [0.5, 0.6) is 0 Å². The molecule has 0 spiro atoms. The lowest BCUT2D eigenvalue weighted by atomic mass is 9.93. The first-order valence-corrected chi connectivity index (χ1v) is 10.4. The first kappa shape index (κ1) is 18.5. The molecule has 0 N–H and O–H groups in total. The first-order chi connectivity index (χ1) is 15.7. The summed E-state index contributed by atoms with van der Waals surface area (Å²) >= 11 is 0. The normalized spacial score (nSPS) is 12.0. The van der Waals surface area contributed by atoms with Crippen LogP contribution in [0, 0.1) is 0 Å². The summed E-state index contributed by atoms with van der Waals surface area (Å²) in [6, 6.07) is 25.2. The van der Waals surface area contributed by atoms with Gasteiger partial charge in [0.05, 0.1) is 36.1 Å². The third kappa shape index (κ3) is 2.48. The second kappa shape index (κ2) is 6.89. The number of rotatable bonds is 2. The molecule has 5 nitrogen and oxygen atoms in total. The van der Waals surface area contributed by atoms with Crippen molar-refractivity contribution in [2.75, 3.05) is 7.11 Å². The van der Waals surface area contributed by atoms with Gasteiger partial charge in [-0.2, -0.15) is 0 Å². The zero-order valence-electron chi connectivity index (χ0n) is 17.3. The Kier molecular flexibility index (Phi) is 3.98. The SMILES string of the molecule is COC(=O)c1c2n(c(=O)c3ccccc13)Cc1c-2nc2ccccc2c1-c1ccccc1. The summed E-state index contributed by atoms with van der Waals surface area (Å²) in [5.74, 6) is -0.478. The molecular weight excluding hydrogens is 400 g/mol. The molecule has 0 amide bonds. The van der Waals surface area contributed by atoms with E-state index >= 15 is 0 Å². The average molecular weight is 418 g/mol. The molecular formula is C27H18N2O3. The van der Waals surface area contributed by atoms with Gasteiger partial charge in [0.2, 0.25) is 0 Å². The molecule has 5 heteroatoms. The van der Waals surface area contributed by atoms with E-state index in [1.807, 2.05) is 48.5 Å². The van der Waals surface area contributed by atoms with Crippen LogP contribution in [0.1, 0.15) is 15.9 Å². The van der Waals surface area contributed by atoms with E-state index in [0.717, 1.165) is 27.6 Å². The summed E-state index contributed by atoms with van der Waals surface area (Å²) in [7, 11) is 1.36. The van der Waals surface area contributed by atoms with E-state index in [2.05, 4.69) is 18.2 Å². The Labute approximate surface area is 183 Å². The molecule has 0 saturated heterocycles. The van der Waals surface area contributed by atoms with Gasteiger partial charge < -0.3 is 9.30 Å². The fourth-order valence-corrected chi connectivity index (χ4v) is 4.80. The number of nitrogens with zero attached hydrogens (tertiary/aromatic N) is 2. The van der Waals surface area contributed by atoms with Gasteiger partial charge in [-0.05, 0) is 23.3 Å². The summed E-state index contributed by atoms with van der Waals surface area (Å²) in [4.78, 5) is 31.4. The summed E-state index contributed by atoms with van der Waals surface area (Å²) in [6.07, 6.45) is 0. The van der Waals surface area contributed by atoms with Crippen LogP contribution < -0.4 is 5.56 Å². The van der Waals surface area contributed by atoms with Crippen molar-refractivity contribution in [1.29, 1.82) is 0 Å². The summed E-state index contributed by atoms with van der Waals surface area (Å²) in [5.41, 5.74) is 5.26. The number of carbonyl (C=O) groups is 1. The highest BCUT2D eigenvalue weighted by atomic mass is 16.5. The highest BCUT2D eigenvalue weighted by molar-refractivity contribution is 6.11. The largest absolute Gasteiger partial charge is 0.465 e. The zero-order chi connectivity index (χ0) is 21.8. The molecule has 1 aliphatic rings. The van der Waals surface area contributed by atoms with Gasteiger partial charge in [-0.15, -0.1) is 0 Å². The molecule has 1 aliphatic heterocycles. The third-order valence-electron chi connectivity index (χ3n) is 6.16. The number of methoxy groups -OCH3 is 1. The van der Waals surface area contributed by atoms with E-state index < -0.39 is 5.97 Å². The maximum Gasteiger partial charge on any atom is 0.340 e. The number of pyridine rings is 2. The van der Waals surface area contributed by atoms with Crippen molar-refractivity contribution in [1.82, 2.24) is 9.55 Å². The Morgan fingerprint density at radius 3 is 2.28 bits per heavy atom. The van der Waals surface area contributed by atoms with E-state index in [9.17, 15) is 9.59 Å². The van der Waals surface area contributed by atoms with Crippen molar-refractivity contribution in [2.45, 2.75) is 6.54 Å². The Balaban J connectivity index is 1.81. The average Bonchev–Trinajstić information content (AvgIpc) is 3.22. The first-order valence-electron chi connectivity index (χ1n) is 10.4. The molecule has 0 fully saturated rings. The van der Waals surface area contributed by atoms with Crippen molar-refractivity contribution in [3.8, 4) is 22.5 Å². The number of carbonyl (C=O) groups excluding carboxylic acids is 1. The summed E-state index contributed by atoms with van der Waals surface area (Å²) < 4.78 is 6.81. The van der Waals surface area contributed by atoms with Crippen molar-refractivity contribution < 1.29 is 9.53 Å². The molecule has 0 aliphatic carbocycles. The lowest BCUT2D eigenvalue weighted by Crippen LogP contribution is -2.22. The van der Waals surface area contributed by atoms with Crippen molar-refractivity contribution >= 4 is 27.6 Å². The van der Waals surface area contributed by atoms with E-state index in [-0.39, 0.29) is 5.56 Å². The van der Waals surface area contributed by atoms with Gasteiger partial charge in [-0.3, -0.25) is 4.79 Å². The molecule has 154 valence electrons. The van der Waals surface area contributed by atoms with Crippen molar-refractivity contribution in [3.63, 3.8) is 0 Å². The molecule has 32 heavy (non-hydrogen) atoms. The van der Waals surface area contributed by atoms with E-state index in [1.165, 1.54) is 7.11 Å². The number of para-hydroxylation sites is 1. The minimum Gasteiger partial charge on any atom is -0.465 e. The van der Waals surface area contributed by atoms with Gasteiger partial charge in [-0.1, -0.05) is 66.7 Å². The van der Waals surface area contributed by atoms with Gasteiger partial charge in [0.1, 0.15) is 0 Å². The van der Waals surface area contributed by atoms with Crippen LogP contribution in [-0.4, -0.2) is 22.6 Å². The van der Waals surface area contributed by atoms with Crippen LogP contribution in [0.15, 0.2) is 83.7 Å². The van der Waals surface area contributed by atoms with Crippen LogP contribution in [0.25, 0.3) is 44.2 Å². The van der Waals surface area contributed by atoms with E-state index in [0.29, 0.717) is 34.3 Å².